The Morgan fingerprint density at radius 1 is 1.06 bits per heavy atom. The fourth-order valence-corrected chi connectivity index (χ4v) is 4.64. The van der Waals surface area contributed by atoms with Gasteiger partial charge in [0.2, 0.25) is 0 Å². The lowest BCUT2D eigenvalue weighted by molar-refractivity contribution is -0.0498. The van der Waals surface area contributed by atoms with E-state index in [-0.39, 0.29) is 5.75 Å². The van der Waals surface area contributed by atoms with Gasteiger partial charge in [0.1, 0.15) is 29.5 Å². The average molecular weight is 484 g/mol. The van der Waals surface area contributed by atoms with Crippen LogP contribution in [0.5, 0.6) is 17.2 Å². The summed E-state index contributed by atoms with van der Waals surface area (Å²) in [4.78, 5) is 18.2. The highest BCUT2D eigenvalue weighted by atomic mass is 19.3. The van der Waals surface area contributed by atoms with Crippen LogP contribution in [-0.2, 0) is 6.42 Å². The van der Waals surface area contributed by atoms with Gasteiger partial charge in [-0.25, -0.2) is 9.18 Å². The lowest BCUT2D eigenvalue weighted by Crippen LogP contribution is -2.43. The molecule has 35 heavy (non-hydrogen) atoms. The molecule has 2 heterocycles. The molecule has 1 aromatic heterocycles. The van der Waals surface area contributed by atoms with Crippen molar-refractivity contribution in [3.05, 3.63) is 75.9 Å². The van der Waals surface area contributed by atoms with Crippen LogP contribution in [0.2, 0.25) is 0 Å². The maximum atomic E-state index is 14.0. The van der Waals surface area contributed by atoms with Crippen LogP contribution in [0, 0.1) is 0 Å². The number of hydrogen-bond donors (Lipinski definition) is 1. The van der Waals surface area contributed by atoms with E-state index in [9.17, 15) is 18.0 Å². The summed E-state index contributed by atoms with van der Waals surface area (Å²) in [7, 11) is 1.55. The van der Waals surface area contributed by atoms with E-state index in [1.807, 2.05) is 6.08 Å². The van der Waals surface area contributed by atoms with Gasteiger partial charge in [0, 0.05) is 24.0 Å². The molecule has 0 saturated heterocycles. The number of aromatic amines is 1. The van der Waals surface area contributed by atoms with Gasteiger partial charge in [0.05, 0.1) is 7.11 Å². The summed E-state index contributed by atoms with van der Waals surface area (Å²) in [5.41, 5.74) is 2.43. The SMILES string of the molecule is COc1ccc(OC(=O)N2CCc3c([nH]c4c3=CCC(F)C=4)C2c2ccc(OC(F)F)cc2)cc1. The maximum absolute atomic E-state index is 14.0. The molecule has 182 valence electrons. The second-order valence-corrected chi connectivity index (χ2v) is 8.30. The van der Waals surface area contributed by atoms with E-state index in [0.29, 0.717) is 41.8 Å². The Balaban J connectivity index is 1.52. The monoisotopic (exact) mass is 484 g/mol. The third-order valence-corrected chi connectivity index (χ3v) is 6.21. The number of rotatable bonds is 5. The molecule has 1 aliphatic carbocycles. The highest BCUT2D eigenvalue weighted by Gasteiger charge is 2.35. The Labute approximate surface area is 199 Å². The van der Waals surface area contributed by atoms with Gasteiger partial charge in [-0.2, -0.15) is 8.78 Å². The fraction of sp³-hybridized carbons (Fsp3) is 0.269. The molecule has 0 fully saturated rings. The predicted octanol–water partition coefficient (Wildman–Crippen LogP) is 4.07. The van der Waals surface area contributed by atoms with Gasteiger partial charge in [-0.05, 0) is 65.2 Å². The molecule has 2 aromatic carbocycles. The van der Waals surface area contributed by atoms with E-state index in [0.717, 1.165) is 16.5 Å². The molecule has 2 unspecified atom stereocenters. The summed E-state index contributed by atoms with van der Waals surface area (Å²) in [5.74, 6) is 1.00. The largest absolute Gasteiger partial charge is 0.497 e. The fourth-order valence-electron chi connectivity index (χ4n) is 4.64. The molecular formula is C26H23F3N2O4. The Hall–Kier alpha value is -3.88. The van der Waals surface area contributed by atoms with E-state index >= 15 is 0 Å². The first kappa shape index (κ1) is 22.9. The number of fused-ring (bicyclic) bond motifs is 3. The van der Waals surface area contributed by atoms with Crippen LogP contribution < -0.4 is 24.8 Å². The minimum absolute atomic E-state index is 0.0138. The number of hydrogen-bond acceptors (Lipinski definition) is 4. The van der Waals surface area contributed by atoms with E-state index in [4.69, 9.17) is 9.47 Å². The van der Waals surface area contributed by atoms with E-state index in [1.54, 1.807) is 54.5 Å². The number of carbonyl (C=O) groups is 1. The third kappa shape index (κ3) is 4.58. The molecule has 0 spiro atoms. The molecule has 0 saturated carbocycles. The molecule has 0 bridgehead atoms. The van der Waals surface area contributed by atoms with E-state index in [2.05, 4.69) is 9.72 Å². The highest BCUT2D eigenvalue weighted by molar-refractivity contribution is 5.73. The number of aromatic nitrogens is 1. The normalized spacial score (nSPS) is 18.7. The van der Waals surface area contributed by atoms with Crippen molar-refractivity contribution in [1.29, 1.82) is 0 Å². The Morgan fingerprint density at radius 3 is 2.43 bits per heavy atom. The predicted molar refractivity (Wildman–Crippen MR) is 123 cm³/mol. The number of halogens is 3. The number of carbonyl (C=O) groups excluding carboxylic acids is 1. The number of H-pyrrole nitrogens is 1. The van der Waals surface area contributed by atoms with Crippen LogP contribution in [-0.4, -0.2) is 42.4 Å². The smallest absolute Gasteiger partial charge is 0.416 e. The minimum atomic E-state index is -2.94. The molecule has 1 aliphatic heterocycles. The van der Waals surface area contributed by atoms with Crippen molar-refractivity contribution in [2.24, 2.45) is 0 Å². The Bertz CT molecular complexity index is 1340. The van der Waals surface area contributed by atoms with Gasteiger partial charge in [0.15, 0.2) is 0 Å². The van der Waals surface area contributed by atoms with Gasteiger partial charge in [-0.15, -0.1) is 0 Å². The molecule has 9 heteroatoms. The lowest BCUT2D eigenvalue weighted by atomic mass is 9.92. The molecule has 1 amide bonds. The van der Waals surface area contributed by atoms with E-state index in [1.165, 1.54) is 12.1 Å². The van der Waals surface area contributed by atoms with Gasteiger partial charge < -0.3 is 19.2 Å². The molecule has 3 aromatic rings. The first-order chi connectivity index (χ1) is 16.9. The van der Waals surface area contributed by atoms with Gasteiger partial charge >= 0.3 is 12.7 Å². The van der Waals surface area contributed by atoms with Crippen LogP contribution in [0.25, 0.3) is 12.2 Å². The molecular weight excluding hydrogens is 461 g/mol. The summed E-state index contributed by atoms with van der Waals surface area (Å²) in [6.07, 6.45) is 2.63. The zero-order valence-electron chi connectivity index (χ0n) is 18.8. The van der Waals surface area contributed by atoms with Crippen LogP contribution >= 0.6 is 0 Å². The quantitative estimate of drug-likeness (QED) is 0.593. The van der Waals surface area contributed by atoms with Crippen LogP contribution in [0.4, 0.5) is 18.0 Å². The van der Waals surface area contributed by atoms with Gasteiger partial charge in [-0.3, -0.25) is 4.90 Å². The van der Waals surface area contributed by atoms with Crippen LogP contribution in [0.3, 0.4) is 0 Å². The van der Waals surface area contributed by atoms with Crippen molar-refractivity contribution in [2.75, 3.05) is 13.7 Å². The number of nitrogens with one attached hydrogen (secondary N) is 1. The zero-order chi connectivity index (χ0) is 24.5. The molecule has 1 N–H and O–H groups in total. The number of ether oxygens (including phenoxy) is 3. The third-order valence-electron chi connectivity index (χ3n) is 6.21. The second-order valence-electron chi connectivity index (χ2n) is 8.30. The Kier molecular flexibility index (Phi) is 6.15. The van der Waals surface area contributed by atoms with E-state index < -0.39 is 24.9 Å². The number of methoxy groups -OCH3 is 1. The summed E-state index contributed by atoms with van der Waals surface area (Å²) < 4.78 is 54.5. The highest BCUT2D eigenvalue weighted by Crippen LogP contribution is 2.34. The maximum Gasteiger partial charge on any atom is 0.416 e. The summed E-state index contributed by atoms with van der Waals surface area (Å²) in [6, 6.07) is 12.2. The Morgan fingerprint density at radius 2 is 1.74 bits per heavy atom. The molecule has 2 atom stereocenters. The topological polar surface area (TPSA) is 63.8 Å². The summed E-state index contributed by atoms with van der Waals surface area (Å²) in [5, 5.41) is 1.63. The van der Waals surface area contributed by atoms with Crippen molar-refractivity contribution < 1.29 is 32.2 Å². The van der Waals surface area contributed by atoms with Crippen molar-refractivity contribution >= 4 is 18.2 Å². The van der Waals surface area contributed by atoms with Crippen LogP contribution in [0.15, 0.2) is 48.5 Å². The van der Waals surface area contributed by atoms with Crippen molar-refractivity contribution in [3.63, 3.8) is 0 Å². The lowest BCUT2D eigenvalue weighted by Gasteiger charge is -2.35. The number of nitrogens with zero attached hydrogens (tertiary/aromatic N) is 1. The second kappa shape index (κ2) is 9.40. The van der Waals surface area contributed by atoms with Crippen LogP contribution in [0.1, 0.15) is 29.3 Å². The van der Waals surface area contributed by atoms with Crippen molar-refractivity contribution in [1.82, 2.24) is 9.88 Å². The first-order valence-corrected chi connectivity index (χ1v) is 11.2. The molecule has 6 nitrogen and oxygen atoms in total. The van der Waals surface area contributed by atoms with Gasteiger partial charge in [-0.1, -0.05) is 18.2 Å². The van der Waals surface area contributed by atoms with Gasteiger partial charge in [0.25, 0.3) is 0 Å². The summed E-state index contributed by atoms with van der Waals surface area (Å²) >= 11 is 0. The number of benzene rings is 2. The molecule has 0 radical (unpaired) electrons. The standard InChI is InChI=1S/C26H23F3N2O4/c1-33-17-7-9-19(10-8-17)35-26(32)31-13-12-21-20-11-4-16(27)14-22(20)30-23(21)24(31)15-2-5-18(6-3-15)34-25(28)29/h2-3,5-11,14,16,24-25,30H,4,12-13H2,1H3. The first-order valence-electron chi connectivity index (χ1n) is 11.2. The number of amides is 1. The van der Waals surface area contributed by atoms with Crippen molar-refractivity contribution in [3.8, 4) is 17.2 Å². The summed E-state index contributed by atoms with van der Waals surface area (Å²) in [6.45, 7) is -2.58. The zero-order valence-corrected chi connectivity index (χ0v) is 18.8. The molecule has 2 aliphatic rings. The van der Waals surface area contributed by atoms with Crippen molar-refractivity contribution in [2.45, 2.75) is 31.7 Å². The minimum Gasteiger partial charge on any atom is -0.497 e. The molecule has 5 rings (SSSR count). The number of alkyl halides is 3. The average Bonchev–Trinajstić information content (AvgIpc) is 3.21.